The molecule has 0 spiro atoms. The Morgan fingerprint density at radius 1 is 1.40 bits per heavy atom. The minimum atomic E-state index is 0.0292. The Morgan fingerprint density at radius 3 is 2.95 bits per heavy atom. The number of methoxy groups -OCH3 is 1. The number of amides is 1. The van der Waals surface area contributed by atoms with Crippen LogP contribution in [0.3, 0.4) is 0 Å². The van der Waals surface area contributed by atoms with E-state index in [1.165, 1.54) is 0 Å². The lowest BCUT2D eigenvalue weighted by Gasteiger charge is -2.15. The summed E-state index contributed by atoms with van der Waals surface area (Å²) >= 11 is 0. The maximum atomic E-state index is 11.9. The van der Waals surface area contributed by atoms with Crippen molar-refractivity contribution in [1.82, 2.24) is 10.2 Å². The van der Waals surface area contributed by atoms with E-state index in [1.807, 2.05) is 30.3 Å². The Balaban J connectivity index is 1.86. The average molecular weight is 276 g/mol. The molecule has 108 valence electrons. The van der Waals surface area contributed by atoms with E-state index < -0.39 is 0 Å². The minimum Gasteiger partial charge on any atom is -0.459 e. The molecule has 0 unspecified atom stereocenters. The number of nitrogens with zero attached hydrogens (tertiary/aromatic N) is 1. The number of carbonyl (C=O) groups excluding carboxylic acids is 1. The summed E-state index contributed by atoms with van der Waals surface area (Å²) in [5, 5.41) is 4.09. The number of ether oxygens (including phenoxy) is 1. The highest BCUT2D eigenvalue weighted by atomic mass is 16.5. The van der Waals surface area contributed by atoms with E-state index in [0.717, 1.165) is 16.7 Å². The lowest BCUT2D eigenvalue weighted by molar-refractivity contribution is -0.129. The number of rotatable bonds is 7. The molecular formula is C15H20N2O3. The fourth-order valence-electron chi connectivity index (χ4n) is 1.94. The molecule has 5 heteroatoms. The van der Waals surface area contributed by atoms with Gasteiger partial charge in [0.05, 0.1) is 19.7 Å². The highest BCUT2D eigenvalue weighted by Gasteiger charge is 2.11. The SMILES string of the molecule is COCCNCC(=O)N(C)Cc1cc2ccccc2o1. The highest BCUT2D eigenvalue weighted by Crippen LogP contribution is 2.19. The van der Waals surface area contributed by atoms with Gasteiger partial charge in [-0.05, 0) is 12.1 Å². The molecule has 2 rings (SSSR count). The third-order valence-electron chi connectivity index (χ3n) is 3.05. The van der Waals surface area contributed by atoms with Crippen LogP contribution in [0, 0.1) is 0 Å². The summed E-state index contributed by atoms with van der Waals surface area (Å²) in [7, 11) is 3.41. The molecule has 0 radical (unpaired) electrons. The molecule has 0 saturated carbocycles. The molecular weight excluding hydrogens is 256 g/mol. The number of benzene rings is 1. The van der Waals surface area contributed by atoms with Crippen molar-refractivity contribution in [3.8, 4) is 0 Å². The van der Waals surface area contributed by atoms with Crippen LogP contribution >= 0.6 is 0 Å². The normalized spacial score (nSPS) is 10.9. The molecule has 0 aliphatic heterocycles. The molecule has 1 aromatic carbocycles. The second kappa shape index (κ2) is 7.07. The standard InChI is InChI=1S/C15H20N2O3/c1-17(15(18)10-16-7-8-19-2)11-13-9-12-5-3-4-6-14(12)20-13/h3-6,9,16H,7-8,10-11H2,1-2H3. The van der Waals surface area contributed by atoms with Gasteiger partial charge >= 0.3 is 0 Å². The van der Waals surface area contributed by atoms with Crippen LogP contribution in [0.15, 0.2) is 34.7 Å². The average Bonchev–Trinajstić information content (AvgIpc) is 2.85. The third kappa shape index (κ3) is 3.82. The van der Waals surface area contributed by atoms with E-state index in [9.17, 15) is 4.79 Å². The first-order chi connectivity index (χ1) is 9.70. The molecule has 1 aromatic heterocycles. The van der Waals surface area contributed by atoms with Crippen LogP contribution in [0.25, 0.3) is 11.0 Å². The zero-order chi connectivity index (χ0) is 14.4. The lowest BCUT2D eigenvalue weighted by atomic mass is 10.2. The van der Waals surface area contributed by atoms with Gasteiger partial charge in [-0.2, -0.15) is 0 Å². The molecule has 0 atom stereocenters. The molecule has 5 nitrogen and oxygen atoms in total. The molecule has 0 bridgehead atoms. The quantitative estimate of drug-likeness (QED) is 0.781. The van der Waals surface area contributed by atoms with Gasteiger partial charge in [0.25, 0.3) is 0 Å². The van der Waals surface area contributed by atoms with E-state index in [2.05, 4.69) is 5.32 Å². The van der Waals surface area contributed by atoms with Gasteiger partial charge < -0.3 is 19.4 Å². The number of hydrogen-bond acceptors (Lipinski definition) is 4. The zero-order valence-electron chi connectivity index (χ0n) is 11.9. The fourth-order valence-corrected chi connectivity index (χ4v) is 1.94. The molecule has 0 aliphatic carbocycles. The van der Waals surface area contributed by atoms with Crippen LogP contribution < -0.4 is 5.32 Å². The first kappa shape index (κ1) is 14.6. The predicted octanol–water partition coefficient (Wildman–Crippen LogP) is 1.63. The molecule has 0 aliphatic rings. The summed E-state index contributed by atoms with van der Waals surface area (Å²) in [4.78, 5) is 13.6. The van der Waals surface area contributed by atoms with Gasteiger partial charge in [-0.25, -0.2) is 0 Å². The van der Waals surface area contributed by atoms with E-state index >= 15 is 0 Å². The second-order valence-corrected chi connectivity index (χ2v) is 4.67. The van der Waals surface area contributed by atoms with Gasteiger partial charge in [-0.1, -0.05) is 18.2 Å². The van der Waals surface area contributed by atoms with Crippen LogP contribution in [0.1, 0.15) is 5.76 Å². The molecule has 1 N–H and O–H groups in total. The number of carbonyl (C=O) groups is 1. The Morgan fingerprint density at radius 2 is 2.20 bits per heavy atom. The maximum Gasteiger partial charge on any atom is 0.236 e. The Hall–Kier alpha value is -1.85. The Bertz CT molecular complexity index is 532. The van der Waals surface area contributed by atoms with Crippen molar-refractivity contribution in [2.24, 2.45) is 0 Å². The summed E-state index contributed by atoms with van der Waals surface area (Å²) < 4.78 is 10.6. The fraction of sp³-hybridized carbons (Fsp3) is 0.400. The van der Waals surface area contributed by atoms with E-state index in [4.69, 9.17) is 9.15 Å². The first-order valence-corrected chi connectivity index (χ1v) is 6.62. The van der Waals surface area contributed by atoms with Crippen molar-refractivity contribution in [3.05, 3.63) is 36.1 Å². The van der Waals surface area contributed by atoms with Crippen molar-refractivity contribution < 1.29 is 13.9 Å². The van der Waals surface area contributed by atoms with E-state index in [0.29, 0.717) is 26.2 Å². The van der Waals surface area contributed by atoms with Crippen molar-refractivity contribution in [2.45, 2.75) is 6.54 Å². The molecule has 1 heterocycles. The number of likely N-dealkylation sites (N-methyl/N-ethyl adjacent to an activating group) is 1. The largest absolute Gasteiger partial charge is 0.459 e. The van der Waals surface area contributed by atoms with Crippen molar-refractivity contribution in [1.29, 1.82) is 0 Å². The molecule has 2 aromatic rings. The van der Waals surface area contributed by atoms with Crippen molar-refractivity contribution in [2.75, 3.05) is 33.9 Å². The second-order valence-electron chi connectivity index (χ2n) is 4.67. The molecule has 1 amide bonds. The summed E-state index contributed by atoms with van der Waals surface area (Å²) in [6.45, 7) is 2.04. The summed E-state index contributed by atoms with van der Waals surface area (Å²) in [5.41, 5.74) is 0.849. The minimum absolute atomic E-state index is 0.0292. The highest BCUT2D eigenvalue weighted by molar-refractivity contribution is 5.79. The van der Waals surface area contributed by atoms with Crippen molar-refractivity contribution in [3.63, 3.8) is 0 Å². The van der Waals surface area contributed by atoms with Crippen molar-refractivity contribution >= 4 is 16.9 Å². The number of hydrogen-bond donors (Lipinski definition) is 1. The Kier molecular flexibility index (Phi) is 5.15. The lowest BCUT2D eigenvalue weighted by Crippen LogP contribution is -2.36. The monoisotopic (exact) mass is 276 g/mol. The summed E-state index contributed by atoms with van der Waals surface area (Å²) in [6.07, 6.45) is 0. The van der Waals surface area contributed by atoms with Gasteiger partial charge in [-0.3, -0.25) is 4.79 Å². The zero-order valence-corrected chi connectivity index (χ0v) is 11.9. The molecule has 0 fully saturated rings. The Labute approximate surface area is 118 Å². The molecule has 20 heavy (non-hydrogen) atoms. The van der Waals surface area contributed by atoms with Gasteiger partial charge in [0, 0.05) is 26.1 Å². The van der Waals surface area contributed by atoms with E-state index in [1.54, 1.807) is 19.1 Å². The molecule has 0 saturated heterocycles. The number of fused-ring (bicyclic) bond motifs is 1. The van der Waals surface area contributed by atoms with Crippen LogP contribution in [0.5, 0.6) is 0 Å². The van der Waals surface area contributed by atoms with Gasteiger partial charge in [0.2, 0.25) is 5.91 Å². The van der Waals surface area contributed by atoms with Crippen LogP contribution in [0.2, 0.25) is 0 Å². The summed E-state index contributed by atoms with van der Waals surface area (Å²) in [6, 6.07) is 9.79. The smallest absolute Gasteiger partial charge is 0.236 e. The number of para-hydroxylation sites is 1. The number of furan rings is 1. The first-order valence-electron chi connectivity index (χ1n) is 6.62. The van der Waals surface area contributed by atoms with Gasteiger partial charge in [0.1, 0.15) is 11.3 Å². The van der Waals surface area contributed by atoms with Crippen LogP contribution in [-0.2, 0) is 16.1 Å². The van der Waals surface area contributed by atoms with Crippen LogP contribution in [0.4, 0.5) is 0 Å². The number of nitrogens with one attached hydrogen (secondary N) is 1. The van der Waals surface area contributed by atoms with E-state index in [-0.39, 0.29) is 5.91 Å². The topological polar surface area (TPSA) is 54.7 Å². The van der Waals surface area contributed by atoms with Gasteiger partial charge in [-0.15, -0.1) is 0 Å². The summed E-state index contributed by atoms with van der Waals surface area (Å²) in [5.74, 6) is 0.820. The van der Waals surface area contributed by atoms with Crippen LogP contribution in [-0.4, -0.2) is 44.7 Å². The predicted molar refractivity (Wildman–Crippen MR) is 77.4 cm³/mol. The maximum absolute atomic E-state index is 11.9. The van der Waals surface area contributed by atoms with Gasteiger partial charge in [0.15, 0.2) is 0 Å². The third-order valence-corrected chi connectivity index (χ3v) is 3.05.